The van der Waals surface area contributed by atoms with E-state index in [2.05, 4.69) is 19.1 Å². The van der Waals surface area contributed by atoms with Gasteiger partial charge in [0.25, 0.3) is 0 Å². The molecule has 0 bridgehead atoms. The number of aromatic carboxylic acids is 1. The van der Waals surface area contributed by atoms with E-state index in [4.69, 9.17) is 10.8 Å². The van der Waals surface area contributed by atoms with Crippen molar-refractivity contribution in [3.05, 3.63) is 70.8 Å². The fourth-order valence-electron chi connectivity index (χ4n) is 2.55. The molecule has 0 fully saturated rings. The highest BCUT2D eigenvalue weighted by atomic mass is 16.4. The quantitative estimate of drug-likeness (QED) is 0.319. The smallest absolute Gasteiger partial charge is 0.337 e. The van der Waals surface area contributed by atoms with Crippen LogP contribution in [0.15, 0.2) is 48.5 Å². The van der Waals surface area contributed by atoms with Gasteiger partial charge in [-0.1, -0.05) is 56.2 Å². The highest BCUT2D eigenvalue weighted by Crippen LogP contribution is 2.16. The molecule has 25 heavy (non-hydrogen) atoms. The summed E-state index contributed by atoms with van der Waals surface area (Å²) in [4.78, 5) is 23.1. The van der Waals surface area contributed by atoms with Gasteiger partial charge in [-0.25, -0.2) is 4.79 Å². The summed E-state index contributed by atoms with van der Waals surface area (Å²) < 4.78 is 0. The van der Waals surface area contributed by atoms with Gasteiger partial charge in [-0.05, 0) is 42.2 Å². The van der Waals surface area contributed by atoms with E-state index in [1.807, 2.05) is 12.1 Å². The molecule has 0 heterocycles. The van der Waals surface area contributed by atoms with Crippen LogP contribution in [0.5, 0.6) is 0 Å². The van der Waals surface area contributed by atoms with Crippen LogP contribution >= 0.6 is 0 Å². The minimum Gasteiger partial charge on any atom is -0.478 e. The fourth-order valence-corrected chi connectivity index (χ4v) is 2.55. The number of nitrogen functional groups attached to an aromatic ring is 1. The first-order valence-electron chi connectivity index (χ1n) is 8.45. The highest BCUT2D eigenvalue weighted by Gasteiger charge is 2.10. The van der Waals surface area contributed by atoms with Crippen LogP contribution in [-0.2, 0) is 6.42 Å². The normalized spacial score (nSPS) is 10.9. The molecule has 4 heteroatoms. The van der Waals surface area contributed by atoms with Crippen LogP contribution in [0.4, 0.5) is 5.69 Å². The second-order valence-corrected chi connectivity index (χ2v) is 6.00. The molecule has 0 atom stereocenters. The molecule has 2 aromatic carbocycles. The largest absolute Gasteiger partial charge is 0.478 e. The molecule has 0 aliphatic rings. The standard InChI is InChI=1S/C21H23NO3/c1-2-3-4-5-15-6-8-16(9-7-15)10-13-20(23)17-11-12-18(21(24)25)19(22)14-17/h6-14H,2-5,22H2,1H3,(H,24,25)/b13-10+. The molecule has 0 aromatic heterocycles. The molecule has 0 radical (unpaired) electrons. The number of carbonyl (C=O) groups excluding carboxylic acids is 1. The zero-order valence-corrected chi connectivity index (χ0v) is 14.4. The van der Waals surface area contributed by atoms with Gasteiger partial charge in [0.1, 0.15) is 0 Å². The number of hydrogen-bond donors (Lipinski definition) is 2. The van der Waals surface area contributed by atoms with Gasteiger partial charge in [0.05, 0.1) is 5.56 Å². The summed E-state index contributed by atoms with van der Waals surface area (Å²) in [6.45, 7) is 2.19. The van der Waals surface area contributed by atoms with Gasteiger partial charge in [-0.15, -0.1) is 0 Å². The molecule has 3 N–H and O–H groups in total. The first-order valence-corrected chi connectivity index (χ1v) is 8.45. The van der Waals surface area contributed by atoms with Crippen molar-refractivity contribution in [3.8, 4) is 0 Å². The van der Waals surface area contributed by atoms with Gasteiger partial charge in [0.15, 0.2) is 5.78 Å². The Labute approximate surface area is 148 Å². The number of carboxylic acid groups (broad SMARTS) is 1. The Kier molecular flexibility index (Phi) is 6.52. The fraction of sp³-hybridized carbons (Fsp3) is 0.238. The van der Waals surface area contributed by atoms with Crippen LogP contribution in [0.25, 0.3) is 6.08 Å². The number of rotatable bonds is 8. The molecule has 2 aromatic rings. The molecular formula is C21H23NO3. The van der Waals surface area contributed by atoms with Gasteiger partial charge in [0, 0.05) is 11.3 Å². The van der Waals surface area contributed by atoms with Crippen molar-refractivity contribution in [3.63, 3.8) is 0 Å². The lowest BCUT2D eigenvalue weighted by atomic mass is 10.0. The van der Waals surface area contributed by atoms with E-state index in [1.165, 1.54) is 49.1 Å². The maximum Gasteiger partial charge on any atom is 0.337 e. The number of nitrogens with two attached hydrogens (primary N) is 1. The first kappa shape index (κ1) is 18.5. The van der Waals surface area contributed by atoms with Gasteiger partial charge in [-0.3, -0.25) is 4.79 Å². The summed E-state index contributed by atoms with van der Waals surface area (Å²) in [5.74, 6) is -1.32. The molecule has 130 valence electrons. The Bertz CT molecular complexity index is 776. The molecule has 0 aliphatic heterocycles. The Morgan fingerprint density at radius 1 is 1.08 bits per heavy atom. The summed E-state index contributed by atoms with van der Waals surface area (Å²) >= 11 is 0. The third kappa shape index (κ3) is 5.31. The lowest BCUT2D eigenvalue weighted by Gasteiger charge is -2.03. The molecule has 0 aliphatic carbocycles. The van der Waals surface area contributed by atoms with Gasteiger partial charge >= 0.3 is 5.97 Å². The Hall–Kier alpha value is -2.88. The molecule has 0 saturated carbocycles. The number of allylic oxidation sites excluding steroid dienone is 1. The number of carbonyl (C=O) groups is 2. The lowest BCUT2D eigenvalue weighted by molar-refractivity contribution is 0.0697. The molecule has 4 nitrogen and oxygen atoms in total. The zero-order chi connectivity index (χ0) is 18.2. The summed E-state index contributed by atoms with van der Waals surface area (Å²) in [7, 11) is 0. The average Bonchev–Trinajstić information content (AvgIpc) is 2.60. The van der Waals surface area contributed by atoms with Crippen LogP contribution in [0.2, 0.25) is 0 Å². The minimum absolute atomic E-state index is 0.000749. The number of anilines is 1. The van der Waals surface area contributed by atoms with Gasteiger partial charge in [0.2, 0.25) is 0 Å². The van der Waals surface area contributed by atoms with Crippen LogP contribution < -0.4 is 5.73 Å². The van der Waals surface area contributed by atoms with Crippen molar-refractivity contribution in [2.45, 2.75) is 32.6 Å². The number of hydrogen-bond acceptors (Lipinski definition) is 3. The van der Waals surface area contributed by atoms with Crippen LogP contribution in [-0.4, -0.2) is 16.9 Å². The van der Waals surface area contributed by atoms with E-state index < -0.39 is 5.97 Å². The van der Waals surface area contributed by atoms with E-state index in [0.29, 0.717) is 5.56 Å². The third-order valence-corrected chi connectivity index (χ3v) is 4.04. The topological polar surface area (TPSA) is 80.4 Å². The maximum atomic E-state index is 12.2. The van der Waals surface area contributed by atoms with Crippen molar-refractivity contribution >= 4 is 23.5 Å². The lowest BCUT2D eigenvalue weighted by Crippen LogP contribution is -2.04. The third-order valence-electron chi connectivity index (χ3n) is 4.04. The van der Waals surface area contributed by atoms with E-state index in [-0.39, 0.29) is 17.0 Å². The highest BCUT2D eigenvalue weighted by molar-refractivity contribution is 6.08. The Morgan fingerprint density at radius 2 is 1.80 bits per heavy atom. The number of ketones is 1. The second kappa shape index (κ2) is 8.83. The predicted molar refractivity (Wildman–Crippen MR) is 101 cm³/mol. The second-order valence-electron chi connectivity index (χ2n) is 6.00. The predicted octanol–water partition coefficient (Wildman–Crippen LogP) is 4.60. The Balaban J connectivity index is 2.02. The first-order chi connectivity index (χ1) is 12.0. The Morgan fingerprint density at radius 3 is 2.40 bits per heavy atom. The van der Waals surface area contributed by atoms with Gasteiger partial charge in [-0.2, -0.15) is 0 Å². The zero-order valence-electron chi connectivity index (χ0n) is 14.4. The molecule has 0 unspecified atom stereocenters. The van der Waals surface area contributed by atoms with E-state index in [9.17, 15) is 9.59 Å². The monoisotopic (exact) mass is 337 g/mol. The molecule has 2 rings (SSSR count). The summed E-state index contributed by atoms with van der Waals surface area (Å²) in [5, 5.41) is 8.96. The number of carboxylic acids is 1. The van der Waals surface area contributed by atoms with Crippen molar-refractivity contribution in [1.29, 1.82) is 0 Å². The van der Waals surface area contributed by atoms with E-state index in [0.717, 1.165) is 12.0 Å². The molecule has 0 spiro atoms. The summed E-state index contributed by atoms with van der Waals surface area (Å²) in [5.41, 5.74) is 8.38. The number of benzene rings is 2. The minimum atomic E-state index is -1.11. The van der Waals surface area contributed by atoms with Crippen molar-refractivity contribution in [2.24, 2.45) is 0 Å². The molecule has 0 amide bonds. The number of unbranched alkanes of at least 4 members (excludes halogenated alkanes) is 2. The maximum absolute atomic E-state index is 12.2. The summed E-state index contributed by atoms with van der Waals surface area (Å²) in [6, 6.07) is 12.4. The van der Waals surface area contributed by atoms with E-state index in [1.54, 1.807) is 6.08 Å². The van der Waals surface area contributed by atoms with Crippen molar-refractivity contribution in [2.75, 3.05) is 5.73 Å². The van der Waals surface area contributed by atoms with Gasteiger partial charge < -0.3 is 10.8 Å². The van der Waals surface area contributed by atoms with Crippen molar-refractivity contribution < 1.29 is 14.7 Å². The summed E-state index contributed by atoms with van der Waals surface area (Å²) in [6.07, 6.45) is 7.94. The van der Waals surface area contributed by atoms with Crippen LogP contribution in [0.3, 0.4) is 0 Å². The van der Waals surface area contributed by atoms with Crippen molar-refractivity contribution in [1.82, 2.24) is 0 Å². The SMILES string of the molecule is CCCCCc1ccc(/C=C/C(=O)c2ccc(C(=O)O)c(N)c2)cc1. The molecular weight excluding hydrogens is 314 g/mol. The molecule has 0 saturated heterocycles. The van der Waals surface area contributed by atoms with Crippen LogP contribution in [0.1, 0.15) is 58.0 Å². The number of aryl methyl sites for hydroxylation is 1. The van der Waals surface area contributed by atoms with Crippen LogP contribution in [0, 0.1) is 0 Å². The average molecular weight is 337 g/mol. The van der Waals surface area contributed by atoms with E-state index >= 15 is 0 Å².